The smallest absolute Gasteiger partial charge is 0.321 e. The second-order valence-electron chi connectivity index (χ2n) is 6.90. The van der Waals surface area contributed by atoms with E-state index in [1.54, 1.807) is 31.4 Å². The molecule has 0 fully saturated rings. The lowest BCUT2D eigenvalue weighted by Gasteiger charge is -2.10. The van der Waals surface area contributed by atoms with Crippen molar-refractivity contribution in [2.75, 3.05) is 12.9 Å². The lowest BCUT2D eigenvalue weighted by molar-refractivity contribution is -0.131. The number of thioether (sulfide) groups is 1. The first-order valence-corrected chi connectivity index (χ1v) is 10.6. The Labute approximate surface area is 179 Å². The van der Waals surface area contributed by atoms with Crippen LogP contribution >= 0.6 is 11.8 Å². The summed E-state index contributed by atoms with van der Waals surface area (Å²) in [6.45, 7) is 2.78. The summed E-state index contributed by atoms with van der Waals surface area (Å²) in [7, 11) is 1.60. The van der Waals surface area contributed by atoms with Gasteiger partial charge in [-0.3, -0.25) is 4.79 Å². The van der Waals surface area contributed by atoms with Gasteiger partial charge in [0.05, 0.1) is 30.4 Å². The summed E-state index contributed by atoms with van der Waals surface area (Å²) in [6, 6.07) is 23.4. The van der Waals surface area contributed by atoms with Crippen molar-refractivity contribution in [3.63, 3.8) is 0 Å². The number of imidazole rings is 1. The van der Waals surface area contributed by atoms with Gasteiger partial charge in [-0.15, -0.1) is 0 Å². The van der Waals surface area contributed by atoms with Crippen LogP contribution in [0.5, 0.6) is 11.5 Å². The van der Waals surface area contributed by atoms with Crippen molar-refractivity contribution in [3.8, 4) is 11.5 Å². The SMILES string of the molecule is COc1ccc(OC(=O)CSc2nc3ccccc3n2Cc2cccc(C)c2)cc1. The fraction of sp³-hybridized carbons (Fsp3) is 0.167. The van der Waals surface area contributed by atoms with Crippen LogP contribution in [0.1, 0.15) is 11.1 Å². The molecule has 4 aromatic rings. The number of nitrogens with zero attached hydrogens (tertiary/aromatic N) is 2. The van der Waals surface area contributed by atoms with E-state index in [0.717, 1.165) is 16.2 Å². The number of aryl methyl sites for hydroxylation is 1. The van der Waals surface area contributed by atoms with Crippen LogP contribution in [0.25, 0.3) is 11.0 Å². The molecule has 0 aliphatic rings. The Morgan fingerprint density at radius 3 is 2.53 bits per heavy atom. The number of carbonyl (C=O) groups is 1. The van der Waals surface area contributed by atoms with Gasteiger partial charge in [0.1, 0.15) is 11.5 Å². The molecule has 0 saturated carbocycles. The van der Waals surface area contributed by atoms with Gasteiger partial charge >= 0.3 is 5.97 Å². The van der Waals surface area contributed by atoms with Gasteiger partial charge in [0.25, 0.3) is 0 Å². The van der Waals surface area contributed by atoms with Gasteiger partial charge in [0.15, 0.2) is 5.16 Å². The minimum atomic E-state index is -0.320. The molecule has 6 heteroatoms. The van der Waals surface area contributed by atoms with E-state index in [1.807, 2.05) is 18.2 Å². The van der Waals surface area contributed by atoms with Crippen molar-refractivity contribution in [3.05, 3.63) is 83.9 Å². The summed E-state index contributed by atoms with van der Waals surface area (Å²) >= 11 is 1.38. The van der Waals surface area contributed by atoms with Crippen molar-refractivity contribution >= 4 is 28.8 Å². The fourth-order valence-corrected chi connectivity index (χ4v) is 4.03. The van der Waals surface area contributed by atoms with E-state index >= 15 is 0 Å². The first-order chi connectivity index (χ1) is 14.6. The van der Waals surface area contributed by atoms with E-state index in [0.29, 0.717) is 18.0 Å². The molecule has 0 bridgehead atoms. The van der Waals surface area contributed by atoms with Crippen molar-refractivity contribution in [1.29, 1.82) is 0 Å². The van der Waals surface area contributed by atoms with E-state index in [9.17, 15) is 4.79 Å². The molecule has 0 saturated heterocycles. The van der Waals surface area contributed by atoms with Gasteiger partial charge in [-0.1, -0.05) is 53.7 Å². The Bertz CT molecular complexity index is 1170. The summed E-state index contributed by atoms with van der Waals surface area (Å²) in [5, 5.41) is 0.796. The fourth-order valence-electron chi connectivity index (χ4n) is 3.24. The molecule has 0 aliphatic carbocycles. The quantitative estimate of drug-likeness (QED) is 0.237. The van der Waals surface area contributed by atoms with Crippen molar-refractivity contribution in [2.45, 2.75) is 18.6 Å². The first kappa shape index (κ1) is 20.0. The highest BCUT2D eigenvalue weighted by Gasteiger charge is 2.14. The largest absolute Gasteiger partial charge is 0.497 e. The van der Waals surface area contributed by atoms with Crippen LogP contribution in [-0.2, 0) is 11.3 Å². The third-order valence-electron chi connectivity index (χ3n) is 4.65. The molecule has 5 nitrogen and oxygen atoms in total. The summed E-state index contributed by atoms with van der Waals surface area (Å²) in [5.41, 5.74) is 4.37. The van der Waals surface area contributed by atoms with E-state index in [4.69, 9.17) is 14.5 Å². The molecule has 0 atom stereocenters. The lowest BCUT2D eigenvalue weighted by Crippen LogP contribution is -2.11. The Morgan fingerprint density at radius 1 is 1.00 bits per heavy atom. The molecule has 1 heterocycles. The van der Waals surface area contributed by atoms with Crippen molar-refractivity contribution in [2.24, 2.45) is 0 Å². The molecule has 0 radical (unpaired) electrons. The van der Waals surface area contributed by atoms with Crippen molar-refractivity contribution < 1.29 is 14.3 Å². The second-order valence-corrected chi connectivity index (χ2v) is 7.84. The molecule has 0 spiro atoms. The third-order valence-corrected chi connectivity index (χ3v) is 5.60. The van der Waals surface area contributed by atoms with Gasteiger partial charge < -0.3 is 14.0 Å². The molecule has 30 heavy (non-hydrogen) atoms. The number of rotatable bonds is 7. The Hall–Kier alpha value is -3.25. The zero-order valence-corrected chi connectivity index (χ0v) is 17.7. The van der Waals surface area contributed by atoms with Crippen LogP contribution in [0.2, 0.25) is 0 Å². The number of carbonyl (C=O) groups excluding carboxylic acids is 1. The maximum atomic E-state index is 12.4. The average Bonchev–Trinajstić information content (AvgIpc) is 3.10. The van der Waals surface area contributed by atoms with Crippen LogP contribution < -0.4 is 9.47 Å². The second kappa shape index (κ2) is 9.05. The summed E-state index contributed by atoms with van der Waals surface area (Å²) in [6.07, 6.45) is 0. The molecule has 3 aromatic carbocycles. The van der Waals surface area contributed by atoms with Crippen LogP contribution in [0, 0.1) is 6.92 Å². The molecular weight excluding hydrogens is 396 g/mol. The van der Waals surface area contributed by atoms with Gasteiger partial charge in [0.2, 0.25) is 0 Å². The number of ether oxygens (including phenoxy) is 2. The number of methoxy groups -OCH3 is 1. The van der Waals surface area contributed by atoms with Gasteiger partial charge in [0, 0.05) is 0 Å². The van der Waals surface area contributed by atoms with Gasteiger partial charge in [-0.25, -0.2) is 4.98 Å². The van der Waals surface area contributed by atoms with Gasteiger partial charge in [-0.2, -0.15) is 0 Å². The third kappa shape index (κ3) is 4.66. The lowest BCUT2D eigenvalue weighted by atomic mass is 10.1. The normalized spacial score (nSPS) is 10.9. The average molecular weight is 419 g/mol. The number of hydrogen-bond donors (Lipinski definition) is 0. The Balaban J connectivity index is 1.51. The number of esters is 1. The standard InChI is InChI=1S/C24H22N2O3S/c1-17-6-5-7-18(14-17)15-26-22-9-4-3-8-21(22)25-24(26)30-16-23(27)29-20-12-10-19(28-2)11-13-20/h3-14H,15-16H2,1-2H3. The topological polar surface area (TPSA) is 53.4 Å². The molecule has 0 amide bonds. The zero-order valence-electron chi connectivity index (χ0n) is 16.9. The van der Waals surface area contributed by atoms with E-state index < -0.39 is 0 Å². The molecule has 0 N–H and O–H groups in total. The monoisotopic (exact) mass is 418 g/mol. The Morgan fingerprint density at radius 2 is 1.77 bits per heavy atom. The van der Waals surface area contributed by atoms with Crippen LogP contribution in [0.4, 0.5) is 0 Å². The number of benzene rings is 3. The minimum absolute atomic E-state index is 0.170. The predicted octanol–water partition coefficient (Wildman–Crippen LogP) is 5.10. The molecule has 1 aromatic heterocycles. The summed E-state index contributed by atoms with van der Waals surface area (Å²) in [5.74, 6) is 1.06. The number of fused-ring (bicyclic) bond motifs is 1. The summed E-state index contributed by atoms with van der Waals surface area (Å²) in [4.78, 5) is 17.1. The van der Waals surface area contributed by atoms with E-state index in [1.165, 1.54) is 22.9 Å². The van der Waals surface area contributed by atoms with Gasteiger partial charge in [-0.05, 0) is 48.9 Å². The van der Waals surface area contributed by atoms with Crippen LogP contribution in [0.15, 0.2) is 78.0 Å². The minimum Gasteiger partial charge on any atom is -0.497 e. The molecule has 0 unspecified atom stereocenters. The number of para-hydroxylation sites is 2. The Kier molecular flexibility index (Phi) is 6.05. The molecule has 0 aliphatic heterocycles. The summed E-state index contributed by atoms with van der Waals surface area (Å²) < 4.78 is 12.7. The molecular formula is C24H22N2O3S. The maximum absolute atomic E-state index is 12.4. The zero-order chi connectivity index (χ0) is 20.9. The highest BCUT2D eigenvalue weighted by molar-refractivity contribution is 7.99. The van der Waals surface area contributed by atoms with Crippen molar-refractivity contribution in [1.82, 2.24) is 9.55 Å². The maximum Gasteiger partial charge on any atom is 0.321 e. The highest BCUT2D eigenvalue weighted by atomic mass is 32.2. The van der Waals surface area contributed by atoms with Crippen LogP contribution in [0.3, 0.4) is 0 Å². The van der Waals surface area contributed by atoms with Crippen LogP contribution in [-0.4, -0.2) is 28.4 Å². The van der Waals surface area contributed by atoms with E-state index in [2.05, 4.69) is 41.8 Å². The molecule has 4 rings (SSSR count). The highest BCUT2D eigenvalue weighted by Crippen LogP contribution is 2.26. The predicted molar refractivity (Wildman–Crippen MR) is 119 cm³/mol. The number of aromatic nitrogens is 2. The first-order valence-electron chi connectivity index (χ1n) is 9.61. The van der Waals surface area contributed by atoms with E-state index in [-0.39, 0.29) is 11.7 Å². The molecule has 152 valence electrons. The number of hydrogen-bond acceptors (Lipinski definition) is 5.